The molecule has 1 aromatic carbocycles. The van der Waals surface area contributed by atoms with Crippen LogP contribution in [0.4, 0.5) is 0 Å². The lowest BCUT2D eigenvalue weighted by atomic mass is 9.90. The molecule has 2 atom stereocenters. The number of alkyl halides is 1. The van der Waals surface area contributed by atoms with Crippen molar-refractivity contribution in [2.24, 2.45) is 11.8 Å². The molecule has 1 aromatic rings. The Morgan fingerprint density at radius 2 is 1.50 bits per heavy atom. The molecule has 0 aliphatic rings. The first kappa shape index (κ1) is 17.5. The van der Waals surface area contributed by atoms with E-state index in [0.717, 1.165) is 5.56 Å². The molecule has 0 radical (unpaired) electrons. The fourth-order valence-electron chi connectivity index (χ4n) is 1.92. The smallest absolute Gasteiger partial charge is 0.162 e. The normalized spacial score (nSPS) is 14.2. The van der Waals surface area contributed by atoms with Crippen molar-refractivity contribution in [3.63, 3.8) is 0 Å². The van der Waals surface area contributed by atoms with E-state index in [2.05, 4.69) is 20.8 Å². The van der Waals surface area contributed by atoms with Crippen molar-refractivity contribution >= 4 is 23.2 Å². The van der Waals surface area contributed by atoms with E-state index in [9.17, 15) is 0 Å². The van der Waals surface area contributed by atoms with Gasteiger partial charge in [0.05, 0.1) is 18.6 Å². The second-order valence-corrected chi connectivity index (χ2v) is 6.07. The Balaban J connectivity index is 3.17. The SMILES string of the molecule is CCOc1cc(Cl)c(C(Cl)C(C)C(C)C)cc1OCC. The third-order valence-electron chi connectivity index (χ3n) is 3.47. The molecule has 0 aliphatic heterocycles. The summed E-state index contributed by atoms with van der Waals surface area (Å²) in [4.78, 5) is 0. The van der Waals surface area contributed by atoms with Gasteiger partial charge in [-0.05, 0) is 37.3 Å². The first-order valence-corrected chi connectivity index (χ1v) is 7.96. The van der Waals surface area contributed by atoms with Gasteiger partial charge in [-0.3, -0.25) is 0 Å². The van der Waals surface area contributed by atoms with Crippen LogP contribution in [0.25, 0.3) is 0 Å². The summed E-state index contributed by atoms with van der Waals surface area (Å²) >= 11 is 12.9. The van der Waals surface area contributed by atoms with Crippen LogP contribution in [0.2, 0.25) is 5.02 Å². The van der Waals surface area contributed by atoms with Crippen molar-refractivity contribution < 1.29 is 9.47 Å². The van der Waals surface area contributed by atoms with Gasteiger partial charge in [0.15, 0.2) is 11.5 Å². The van der Waals surface area contributed by atoms with E-state index in [1.807, 2.05) is 19.9 Å². The van der Waals surface area contributed by atoms with Crippen LogP contribution in [0.5, 0.6) is 11.5 Å². The van der Waals surface area contributed by atoms with Crippen LogP contribution in [0, 0.1) is 11.8 Å². The molecule has 4 heteroatoms. The van der Waals surface area contributed by atoms with Gasteiger partial charge in [0, 0.05) is 11.1 Å². The van der Waals surface area contributed by atoms with Crippen LogP contribution in [0.3, 0.4) is 0 Å². The zero-order valence-corrected chi connectivity index (χ0v) is 14.4. The van der Waals surface area contributed by atoms with Crippen LogP contribution in [0.15, 0.2) is 12.1 Å². The van der Waals surface area contributed by atoms with E-state index in [-0.39, 0.29) is 5.38 Å². The van der Waals surface area contributed by atoms with Crippen LogP contribution in [0.1, 0.15) is 45.6 Å². The minimum absolute atomic E-state index is 0.141. The Bertz CT molecular complexity index is 433. The van der Waals surface area contributed by atoms with Gasteiger partial charge < -0.3 is 9.47 Å². The molecular weight excluding hydrogens is 295 g/mol. The molecule has 20 heavy (non-hydrogen) atoms. The molecule has 2 unspecified atom stereocenters. The highest BCUT2D eigenvalue weighted by molar-refractivity contribution is 6.33. The van der Waals surface area contributed by atoms with Gasteiger partial charge in [-0.15, -0.1) is 11.6 Å². The minimum Gasteiger partial charge on any atom is -0.490 e. The standard InChI is InChI=1S/C16H24Cl2O2/c1-6-19-14-8-12(16(18)11(5)10(3)4)13(17)9-15(14)20-7-2/h8-11,16H,6-7H2,1-5H3. The fraction of sp³-hybridized carbons (Fsp3) is 0.625. The van der Waals surface area contributed by atoms with Gasteiger partial charge >= 0.3 is 0 Å². The highest BCUT2D eigenvalue weighted by Gasteiger charge is 2.24. The van der Waals surface area contributed by atoms with E-state index in [4.69, 9.17) is 32.7 Å². The maximum absolute atomic E-state index is 6.58. The quantitative estimate of drug-likeness (QED) is 0.599. The minimum atomic E-state index is -0.141. The molecule has 0 N–H and O–H groups in total. The van der Waals surface area contributed by atoms with Gasteiger partial charge in [-0.25, -0.2) is 0 Å². The summed E-state index contributed by atoms with van der Waals surface area (Å²) in [6.45, 7) is 11.5. The molecule has 2 nitrogen and oxygen atoms in total. The molecule has 0 fully saturated rings. The predicted molar refractivity (Wildman–Crippen MR) is 86.4 cm³/mol. The summed E-state index contributed by atoms with van der Waals surface area (Å²) in [6.07, 6.45) is 0. The van der Waals surface area contributed by atoms with Crippen molar-refractivity contribution in [3.8, 4) is 11.5 Å². The lowest BCUT2D eigenvalue weighted by molar-refractivity contribution is 0.287. The predicted octanol–water partition coefficient (Wildman–Crippen LogP) is 5.71. The summed E-state index contributed by atoms with van der Waals surface area (Å²) in [5.41, 5.74) is 0.904. The van der Waals surface area contributed by atoms with Gasteiger partial charge in [0.1, 0.15) is 0 Å². The lowest BCUT2D eigenvalue weighted by Crippen LogP contribution is -2.11. The molecule has 1 rings (SSSR count). The highest BCUT2D eigenvalue weighted by Crippen LogP contribution is 2.42. The maximum Gasteiger partial charge on any atom is 0.162 e. The average molecular weight is 319 g/mol. The van der Waals surface area contributed by atoms with E-state index in [0.29, 0.717) is 41.6 Å². The number of halogens is 2. The van der Waals surface area contributed by atoms with Crippen LogP contribution in [-0.4, -0.2) is 13.2 Å². The largest absolute Gasteiger partial charge is 0.490 e. The maximum atomic E-state index is 6.58. The third-order valence-corrected chi connectivity index (χ3v) is 4.43. The Labute approximate surface area is 132 Å². The summed E-state index contributed by atoms with van der Waals surface area (Å²) in [7, 11) is 0. The van der Waals surface area contributed by atoms with Gasteiger partial charge in [0.2, 0.25) is 0 Å². The third kappa shape index (κ3) is 4.20. The molecule has 0 aliphatic carbocycles. The number of benzene rings is 1. The lowest BCUT2D eigenvalue weighted by Gasteiger charge is -2.24. The number of hydrogen-bond acceptors (Lipinski definition) is 2. The van der Waals surface area contributed by atoms with Crippen molar-refractivity contribution in [1.29, 1.82) is 0 Å². The van der Waals surface area contributed by atoms with Crippen molar-refractivity contribution in [2.75, 3.05) is 13.2 Å². The monoisotopic (exact) mass is 318 g/mol. The Kier molecular flexibility index (Phi) is 6.97. The van der Waals surface area contributed by atoms with E-state index < -0.39 is 0 Å². The second kappa shape index (κ2) is 7.99. The molecule has 0 amide bonds. The van der Waals surface area contributed by atoms with E-state index in [1.54, 1.807) is 6.07 Å². The fourth-order valence-corrected chi connectivity index (χ4v) is 2.72. The molecule has 0 spiro atoms. The highest BCUT2D eigenvalue weighted by atomic mass is 35.5. The number of hydrogen-bond donors (Lipinski definition) is 0. The van der Waals surface area contributed by atoms with Crippen LogP contribution >= 0.6 is 23.2 Å². The zero-order valence-electron chi connectivity index (χ0n) is 12.9. The van der Waals surface area contributed by atoms with Crippen molar-refractivity contribution in [2.45, 2.75) is 40.0 Å². The average Bonchev–Trinajstić information content (AvgIpc) is 2.40. The zero-order chi connectivity index (χ0) is 15.3. The molecule has 0 saturated heterocycles. The molecule has 0 bridgehead atoms. The molecule has 0 aromatic heterocycles. The van der Waals surface area contributed by atoms with Gasteiger partial charge in [0.25, 0.3) is 0 Å². The molecule has 0 heterocycles. The summed E-state index contributed by atoms with van der Waals surface area (Å²) < 4.78 is 11.2. The Hall–Kier alpha value is -0.600. The second-order valence-electron chi connectivity index (χ2n) is 5.19. The van der Waals surface area contributed by atoms with E-state index >= 15 is 0 Å². The van der Waals surface area contributed by atoms with Crippen molar-refractivity contribution in [1.82, 2.24) is 0 Å². The van der Waals surface area contributed by atoms with Gasteiger partial charge in [-0.2, -0.15) is 0 Å². The Morgan fingerprint density at radius 1 is 1.00 bits per heavy atom. The first-order chi connectivity index (χ1) is 9.42. The Morgan fingerprint density at radius 3 is 1.95 bits per heavy atom. The van der Waals surface area contributed by atoms with Crippen LogP contribution < -0.4 is 9.47 Å². The first-order valence-electron chi connectivity index (χ1n) is 7.15. The van der Waals surface area contributed by atoms with Crippen LogP contribution in [-0.2, 0) is 0 Å². The summed E-state index contributed by atoms with van der Waals surface area (Å²) in [6, 6.07) is 3.71. The summed E-state index contributed by atoms with van der Waals surface area (Å²) in [5.74, 6) is 2.18. The van der Waals surface area contributed by atoms with E-state index in [1.165, 1.54) is 0 Å². The number of rotatable bonds is 7. The molecule has 114 valence electrons. The van der Waals surface area contributed by atoms with Gasteiger partial charge in [-0.1, -0.05) is 32.4 Å². The number of ether oxygens (including phenoxy) is 2. The molecular formula is C16H24Cl2O2. The topological polar surface area (TPSA) is 18.5 Å². The molecule has 0 saturated carbocycles. The van der Waals surface area contributed by atoms with Crippen molar-refractivity contribution in [3.05, 3.63) is 22.7 Å². The summed E-state index contributed by atoms with van der Waals surface area (Å²) in [5, 5.41) is 0.488.